The van der Waals surface area contributed by atoms with Crippen LogP contribution in [0, 0.1) is 10.1 Å². The highest BCUT2D eigenvalue weighted by atomic mass is 32.1. The van der Waals surface area contributed by atoms with E-state index in [4.69, 9.17) is 9.47 Å². The standard InChI is InChI=1S/C19H14N4O5S/c1-27-14-7-6-12(10-15(14)28-2)17-20-19-22(21-17)18(24)16(29-19)9-11-4-3-5-13(8-11)23(25)26/h3-10H,1-2H3/b16-9+. The van der Waals surface area contributed by atoms with Crippen molar-refractivity contribution in [1.29, 1.82) is 0 Å². The van der Waals surface area contributed by atoms with Gasteiger partial charge in [-0.3, -0.25) is 14.9 Å². The minimum Gasteiger partial charge on any atom is -0.493 e. The van der Waals surface area contributed by atoms with E-state index in [2.05, 4.69) is 10.1 Å². The number of benzene rings is 2. The second-order valence-electron chi connectivity index (χ2n) is 5.97. The lowest BCUT2D eigenvalue weighted by atomic mass is 10.2. The number of ether oxygens (including phenoxy) is 2. The average Bonchev–Trinajstić information content (AvgIpc) is 3.27. The molecule has 0 aliphatic carbocycles. The number of nitrogens with zero attached hydrogens (tertiary/aromatic N) is 4. The molecule has 9 nitrogen and oxygen atoms in total. The fraction of sp³-hybridized carbons (Fsp3) is 0.105. The number of nitro groups is 1. The van der Waals surface area contributed by atoms with E-state index < -0.39 is 4.92 Å². The molecule has 2 aromatic heterocycles. The van der Waals surface area contributed by atoms with Crippen LogP contribution in [0.1, 0.15) is 5.56 Å². The number of aromatic nitrogens is 3. The summed E-state index contributed by atoms with van der Waals surface area (Å²) in [6, 6.07) is 11.3. The zero-order chi connectivity index (χ0) is 20.5. The van der Waals surface area contributed by atoms with Gasteiger partial charge in [-0.25, -0.2) is 0 Å². The second kappa shape index (κ2) is 7.32. The van der Waals surface area contributed by atoms with Gasteiger partial charge in [0.15, 0.2) is 17.3 Å². The Balaban J connectivity index is 1.76. The van der Waals surface area contributed by atoms with Gasteiger partial charge >= 0.3 is 0 Å². The quantitative estimate of drug-likeness (QED) is 0.367. The van der Waals surface area contributed by atoms with Crippen LogP contribution in [0.5, 0.6) is 11.5 Å². The van der Waals surface area contributed by atoms with Crippen LogP contribution in [0.15, 0.2) is 47.3 Å². The summed E-state index contributed by atoms with van der Waals surface area (Å²) in [6.45, 7) is 0. The van der Waals surface area contributed by atoms with Crippen LogP contribution in [-0.2, 0) is 0 Å². The van der Waals surface area contributed by atoms with Crippen LogP contribution < -0.4 is 19.6 Å². The van der Waals surface area contributed by atoms with Crippen molar-refractivity contribution in [3.05, 3.63) is 73.0 Å². The number of hydrogen-bond donors (Lipinski definition) is 0. The highest BCUT2D eigenvalue weighted by Gasteiger charge is 2.14. The summed E-state index contributed by atoms with van der Waals surface area (Å²) in [7, 11) is 3.08. The summed E-state index contributed by atoms with van der Waals surface area (Å²) in [5.74, 6) is 1.50. The Hall–Kier alpha value is -3.79. The molecular formula is C19H14N4O5S. The molecule has 0 bridgehead atoms. The second-order valence-corrected chi connectivity index (χ2v) is 6.98. The summed E-state index contributed by atoms with van der Waals surface area (Å²) in [5.41, 5.74) is 0.861. The first-order valence-corrected chi connectivity index (χ1v) is 9.20. The largest absolute Gasteiger partial charge is 0.493 e. The molecule has 29 heavy (non-hydrogen) atoms. The molecule has 0 amide bonds. The summed E-state index contributed by atoms with van der Waals surface area (Å²) >= 11 is 1.16. The molecule has 146 valence electrons. The number of fused-ring (bicyclic) bond motifs is 1. The van der Waals surface area contributed by atoms with Crippen molar-refractivity contribution >= 4 is 28.1 Å². The van der Waals surface area contributed by atoms with Crippen molar-refractivity contribution in [3.63, 3.8) is 0 Å². The van der Waals surface area contributed by atoms with E-state index in [-0.39, 0.29) is 11.2 Å². The first kappa shape index (κ1) is 18.6. The van der Waals surface area contributed by atoms with Crippen LogP contribution in [0.3, 0.4) is 0 Å². The summed E-state index contributed by atoms with van der Waals surface area (Å²) in [5, 5.41) is 15.2. The van der Waals surface area contributed by atoms with Crippen molar-refractivity contribution in [3.8, 4) is 22.9 Å². The van der Waals surface area contributed by atoms with Crippen LogP contribution in [0.4, 0.5) is 5.69 Å². The van der Waals surface area contributed by atoms with Crippen LogP contribution in [0.2, 0.25) is 0 Å². The number of hydrogen-bond acceptors (Lipinski definition) is 8. The maximum Gasteiger partial charge on any atom is 0.291 e. The summed E-state index contributed by atoms with van der Waals surface area (Å²) < 4.78 is 12.1. The maximum absolute atomic E-state index is 12.7. The monoisotopic (exact) mass is 410 g/mol. The molecule has 0 saturated carbocycles. The van der Waals surface area contributed by atoms with Gasteiger partial charge in [-0.15, -0.1) is 5.10 Å². The topological polar surface area (TPSA) is 109 Å². The SMILES string of the molecule is COc1ccc(-c2nc3s/c(=C/c4cccc([N+](=O)[O-])c4)c(=O)n3n2)cc1OC. The molecule has 2 aromatic carbocycles. The smallest absolute Gasteiger partial charge is 0.291 e. The molecule has 10 heteroatoms. The number of rotatable bonds is 5. The Morgan fingerprint density at radius 1 is 1.14 bits per heavy atom. The third kappa shape index (κ3) is 3.41. The van der Waals surface area contributed by atoms with Crippen molar-refractivity contribution in [2.45, 2.75) is 0 Å². The fourth-order valence-corrected chi connectivity index (χ4v) is 3.72. The minimum absolute atomic E-state index is 0.0404. The molecule has 0 spiro atoms. The molecule has 0 radical (unpaired) electrons. The molecule has 0 atom stereocenters. The molecule has 0 aliphatic heterocycles. The van der Waals surface area contributed by atoms with Crippen molar-refractivity contribution in [2.24, 2.45) is 0 Å². The van der Waals surface area contributed by atoms with Gasteiger partial charge in [0.05, 0.1) is 23.7 Å². The van der Waals surface area contributed by atoms with Crippen molar-refractivity contribution in [1.82, 2.24) is 14.6 Å². The third-order valence-corrected chi connectivity index (χ3v) is 5.16. The van der Waals surface area contributed by atoms with Gasteiger partial charge in [0.2, 0.25) is 4.96 Å². The normalized spacial score (nSPS) is 11.7. The zero-order valence-corrected chi connectivity index (χ0v) is 16.2. The van der Waals surface area contributed by atoms with Crippen LogP contribution in [-0.4, -0.2) is 33.7 Å². The summed E-state index contributed by atoms with van der Waals surface area (Å²) in [6.07, 6.45) is 1.59. The van der Waals surface area contributed by atoms with E-state index in [1.165, 1.54) is 23.8 Å². The molecule has 0 unspecified atom stereocenters. The van der Waals surface area contributed by atoms with Gasteiger partial charge in [0.25, 0.3) is 11.2 Å². The Morgan fingerprint density at radius 2 is 1.93 bits per heavy atom. The lowest BCUT2D eigenvalue weighted by molar-refractivity contribution is -0.384. The van der Waals surface area contributed by atoms with E-state index in [0.717, 1.165) is 11.3 Å². The zero-order valence-electron chi connectivity index (χ0n) is 15.4. The number of nitro benzene ring substituents is 1. The van der Waals surface area contributed by atoms with Crippen LogP contribution >= 0.6 is 11.3 Å². The Labute approximate surface area is 167 Å². The lowest BCUT2D eigenvalue weighted by Gasteiger charge is -2.07. The Morgan fingerprint density at radius 3 is 2.62 bits per heavy atom. The highest BCUT2D eigenvalue weighted by Crippen LogP contribution is 2.31. The van der Waals surface area contributed by atoms with Gasteiger partial charge in [-0.1, -0.05) is 23.5 Å². The third-order valence-electron chi connectivity index (χ3n) is 4.20. The molecule has 0 N–H and O–H groups in total. The minimum atomic E-state index is -0.479. The lowest BCUT2D eigenvalue weighted by Crippen LogP contribution is -2.23. The van der Waals surface area contributed by atoms with Crippen molar-refractivity contribution < 1.29 is 14.4 Å². The Bertz CT molecular complexity index is 1340. The molecule has 0 fully saturated rings. The number of non-ortho nitro benzene ring substituents is 1. The molecule has 4 rings (SSSR count). The van der Waals surface area contributed by atoms with E-state index in [1.54, 1.807) is 43.5 Å². The van der Waals surface area contributed by atoms with E-state index in [0.29, 0.717) is 37.9 Å². The van der Waals surface area contributed by atoms with Gasteiger partial charge in [0.1, 0.15) is 0 Å². The van der Waals surface area contributed by atoms with E-state index in [1.807, 2.05) is 0 Å². The van der Waals surface area contributed by atoms with Crippen molar-refractivity contribution in [2.75, 3.05) is 14.2 Å². The number of methoxy groups -OCH3 is 2. The first-order valence-electron chi connectivity index (χ1n) is 8.38. The van der Waals surface area contributed by atoms with Gasteiger partial charge < -0.3 is 9.47 Å². The van der Waals surface area contributed by atoms with Gasteiger partial charge in [0, 0.05) is 17.7 Å². The molecule has 0 aliphatic rings. The average molecular weight is 410 g/mol. The molecule has 4 aromatic rings. The summed E-state index contributed by atoms with van der Waals surface area (Å²) in [4.78, 5) is 28.0. The van der Waals surface area contributed by atoms with Gasteiger partial charge in [-0.05, 0) is 29.8 Å². The molecular weight excluding hydrogens is 396 g/mol. The Kier molecular flexibility index (Phi) is 4.69. The van der Waals surface area contributed by atoms with Crippen LogP contribution in [0.25, 0.3) is 22.4 Å². The molecule has 0 saturated heterocycles. The predicted octanol–water partition coefficient (Wildman–Crippen LogP) is 2.29. The van der Waals surface area contributed by atoms with E-state index in [9.17, 15) is 14.9 Å². The number of thiazole rings is 1. The maximum atomic E-state index is 12.7. The predicted molar refractivity (Wildman–Crippen MR) is 108 cm³/mol. The molecule has 2 heterocycles. The van der Waals surface area contributed by atoms with E-state index >= 15 is 0 Å². The van der Waals surface area contributed by atoms with Gasteiger partial charge in [-0.2, -0.15) is 9.50 Å². The fourth-order valence-electron chi connectivity index (χ4n) is 2.81. The highest BCUT2D eigenvalue weighted by molar-refractivity contribution is 7.15. The first-order chi connectivity index (χ1) is 14.0.